The molecule has 27 heavy (non-hydrogen) atoms. The zero-order valence-electron chi connectivity index (χ0n) is 15.4. The van der Waals surface area contributed by atoms with Crippen molar-refractivity contribution in [2.24, 2.45) is 0 Å². The quantitative estimate of drug-likeness (QED) is 0.804. The molecule has 0 aliphatic carbocycles. The summed E-state index contributed by atoms with van der Waals surface area (Å²) in [4.78, 5) is 31.2. The van der Waals surface area contributed by atoms with Gasteiger partial charge in [-0.25, -0.2) is 15.0 Å². The number of nitrogens with zero attached hydrogens (tertiary/aromatic N) is 5. The van der Waals surface area contributed by atoms with Gasteiger partial charge in [-0.2, -0.15) is 0 Å². The van der Waals surface area contributed by atoms with Crippen molar-refractivity contribution in [1.82, 2.24) is 19.9 Å². The molecule has 3 aliphatic heterocycles. The van der Waals surface area contributed by atoms with Crippen molar-refractivity contribution < 1.29 is 9.53 Å². The van der Waals surface area contributed by atoms with Crippen LogP contribution in [0.3, 0.4) is 0 Å². The highest BCUT2D eigenvalue weighted by Gasteiger charge is 2.43. The van der Waals surface area contributed by atoms with Gasteiger partial charge in [0, 0.05) is 42.7 Å². The summed E-state index contributed by atoms with van der Waals surface area (Å²) in [6.07, 6.45) is 5.20. The van der Waals surface area contributed by atoms with Crippen LogP contribution in [0.15, 0.2) is 11.6 Å². The van der Waals surface area contributed by atoms with Gasteiger partial charge in [-0.05, 0) is 19.8 Å². The third-order valence-corrected chi connectivity index (χ3v) is 6.58. The van der Waals surface area contributed by atoms with Gasteiger partial charge in [0.1, 0.15) is 0 Å². The van der Waals surface area contributed by atoms with E-state index in [-0.39, 0.29) is 18.0 Å². The van der Waals surface area contributed by atoms with E-state index in [0.717, 1.165) is 73.5 Å². The lowest BCUT2D eigenvalue weighted by Gasteiger charge is -2.36. The first-order chi connectivity index (χ1) is 13.2. The van der Waals surface area contributed by atoms with Crippen LogP contribution in [0.25, 0.3) is 0 Å². The number of rotatable bonds is 3. The predicted octanol–water partition coefficient (Wildman–Crippen LogP) is 1.91. The summed E-state index contributed by atoms with van der Waals surface area (Å²) in [5.74, 6) is 0.977. The summed E-state index contributed by atoms with van der Waals surface area (Å²) >= 11 is 1.60. The minimum absolute atomic E-state index is 0.115. The summed E-state index contributed by atoms with van der Waals surface area (Å²) < 4.78 is 5.42. The summed E-state index contributed by atoms with van der Waals surface area (Å²) in [5, 5.41) is 3.00. The number of hydrogen-bond acceptors (Lipinski definition) is 7. The van der Waals surface area contributed by atoms with Crippen LogP contribution in [0, 0.1) is 6.92 Å². The molecule has 3 aliphatic rings. The van der Waals surface area contributed by atoms with Gasteiger partial charge in [-0.3, -0.25) is 4.79 Å². The summed E-state index contributed by atoms with van der Waals surface area (Å²) in [7, 11) is 0. The van der Waals surface area contributed by atoms with Gasteiger partial charge in [0.15, 0.2) is 0 Å². The lowest BCUT2D eigenvalue weighted by Crippen LogP contribution is -2.43. The molecule has 0 radical (unpaired) electrons. The largest absolute Gasteiger partial charge is 0.378 e. The predicted molar refractivity (Wildman–Crippen MR) is 102 cm³/mol. The molecule has 0 unspecified atom stereocenters. The van der Waals surface area contributed by atoms with Crippen molar-refractivity contribution in [3.8, 4) is 0 Å². The van der Waals surface area contributed by atoms with Crippen molar-refractivity contribution in [3.05, 3.63) is 33.5 Å². The maximum Gasteiger partial charge on any atom is 0.229 e. The van der Waals surface area contributed by atoms with Crippen molar-refractivity contribution in [1.29, 1.82) is 0 Å². The molecule has 5 heterocycles. The second-order valence-electron chi connectivity index (χ2n) is 7.46. The molecule has 2 aromatic rings. The number of morpholine rings is 1. The maximum absolute atomic E-state index is 13.0. The van der Waals surface area contributed by atoms with Gasteiger partial charge in [0.05, 0.1) is 42.1 Å². The highest BCUT2D eigenvalue weighted by molar-refractivity contribution is 7.09. The van der Waals surface area contributed by atoms with Crippen LogP contribution in [0.1, 0.15) is 40.8 Å². The fraction of sp³-hybridized carbons (Fsp3) is 0.579. The van der Waals surface area contributed by atoms with E-state index in [0.29, 0.717) is 6.42 Å². The third-order valence-electron chi connectivity index (χ3n) is 5.76. The molecule has 7 nitrogen and oxygen atoms in total. The van der Waals surface area contributed by atoms with E-state index in [1.807, 2.05) is 18.5 Å². The average molecular weight is 385 g/mol. The Balaban J connectivity index is 1.37. The van der Waals surface area contributed by atoms with E-state index in [4.69, 9.17) is 9.72 Å². The number of hydrogen-bond donors (Lipinski definition) is 0. The molecule has 2 saturated heterocycles. The Kier molecular flexibility index (Phi) is 4.32. The molecule has 2 bridgehead atoms. The molecule has 0 saturated carbocycles. The van der Waals surface area contributed by atoms with Gasteiger partial charge in [-0.1, -0.05) is 0 Å². The van der Waals surface area contributed by atoms with Gasteiger partial charge in [-0.15, -0.1) is 11.3 Å². The van der Waals surface area contributed by atoms with Crippen molar-refractivity contribution in [2.75, 3.05) is 31.2 Å². The molecule has 8 heteroatoms. The van der Waals surface area contributed by atoms with Crippen LogP contribution in [0.4, 0.5) is 5.95 Å². The first-order valence-electron chi connectivity index (χ1n) is 9.60. The normalized spacial score (nSPS) is 24.2. The van der Waals surface area contributed by atoms with E-state index < -0.39 is 0 Å². The number of amides is 1. The van der Waals surface area contributed by atoms with Gasteiger partial charge in [0.2, 0.25) is 11.9 Å². The molecule has 1 amide bonds. The van der Waals surface area contributed by atoms with Gasteiger partial charge < -0.3 is 14.5 Å². The van der Waals surface area contributed by atoms with E-state index in [1.165, 1.54) is 0 Å². The Hall–Kier alpha value is -2.06. The van der Waals surface area contributed by atoms with Crippen LogP contribution < -0.4 is 4.90 Å². The fourth-order valence-corrected chi connectivity index (χ4v) is 5.11. The highest BCUT2D eigenvalue weighted by Crippen LogP contribution is 2.43. The number of ether oxygens (including phenoxy) is 1. The molecule has 0 spiro atoms. The highest BCUT2D eigenvalue weighted by atomic mass is 32.1. The smallest absolute Gasteiger partial charge is 0.229 e. The first kappa shape index (κ1) is 17.1. The second kappa shape index (κ2) is 6.83. The molecule has 5 rings (SSSR count). The summed E-state index contributed by atoms with van der Waals surface area (Å²) in [6.45, 7) is 5.10. The van der Waals surface area contributed by atoms with Crippen molar-refractivity contribution in [3.63, 3.8) is 0 Å². The monoisotopic (exact) mass is 385 g/mol. The Morgan fingerprint density at radius 2 is 2.15 bits per heavy atom. The van der Waals surface area contributed by atoms with Crippen LogP contribution in [0.2, 0.25) is 0 Å². The van der Waals surface area contributed by atoms with Gasteiger partial charge >= 0.3 is 0 Å². The molecule has 2 atom stereocenters. The Bertz CT molecular complexity index is 864. The zero-order chi connectivity index (χ0) is 18.4. The molecule has 0 N–H and O–H groups in total. The number of fused-ring (bicyclic) bond motifs is 4. The summed E-state index contributed by atoms with van der Waals surface area (Å²) in [6, 6.07) is 0.367. The van der Waals surface area contributed by atoms with Crippen LogP contribution in [0.5, 0.6) is 0 Å². The molecule has 2 fully saturated rings. The number of carbonyl (C=O) groups excluding carboxylic acids is 1. The van der Waals surface area contributed by atoms with E-state index in [9.17, 15) is 4.79 Å². The standard InChI is InChI=1S/C19H23N5O2S/c1-12-21-13(11-27-12)8-18(25)24-14-2-3-17(24)15-10-20-19(22-16(15)9-14)23-4-6-26-7-5-23/h10-11,14,17H,2-9H2,1H3/t14-,17+/m0/s1. The van der Waals surface area contributed by atoms with Crippen molar-refractivity contribution >= 4 is 23.2 Å². The minimum Gasteiger partial charge on any atom is -0.378 e. The van der Waals surface area contributed by atoms with Crippen LogP contribution in [-0.4, -0.2) is 58.1 Å². The maximum atomic E-state index is 13.0. The number of thiazole rings is 1. The molecule has 142 valence electrons. The molecule has 2 aromatic heterocycles. The van der Waals surface area contributed by atoms with E-state index in [1.54, 1.807) is 11.3 Å². The Labute approximate surface area is 162 Å². The van der Waals surface area contributed by atoms with Crippen LogP contribution >= 0.6 is 11.3 Å². The average Bonchev–Trinajstić information content (AvgIpc) is 3.24. The number of aromatic nitrogens is 3. The molecular weight excluding hydrogens is 362 g/mol. The second-order valence-corrected chi connectivity index (χ2v) is 8.52. The first-order valence-corrected chi connectivity index (χ1v) is 10.5. The number of carbonyl (C=O) groups is 1. The third kappa shape index (κ3) is 3.10. The summed E-state index contributed by atoms with van der Waals surface area (Å²) in [5.41, 5.74) is 3.13. The molecule has 0 aromatic carbocycles. The Morgan fingerprint density at radius 3 is 2.93 bits per heavy atom. The van der Waals surface area contributed by atoms with Gasteiger partial charge in [0.25, 0.3) is 0 Å². The van der Waals surface area contributed by atoms with Crippen LogP contribution in [-0.2, 0) is 22.4 Å². The minimum atomic E-state index is 0.115. The van der Waals surface area contributed by atoms with E-state index in [2.05, 4.69) is 19.8 Å². The number of anilines is 1. The lowest BCUT2D eigenvalue weighted by molar-refractivity contribution is -0.134. The van der Waals surface area contributed by atoms with Crippen molar-refractivity contribution in [2.45, 2.75) is 44.7 Å². The topological polar surface area (TPSA) is 71.5 Å². The molecular formula is C19H23N5O2S. The zero-order valence-corrected chi connectivity index (χ0v) is 16.2. The number of aryl methyl sites for hydroxylation is 1. The lowest BCUT2D eigenvalue weighted by atomic mass is 9.98. The SMILES string of the molecule is Cc1nc(CC(=O)N2[C@H]3CC[C@@H]2c2cnc(N4CCOCC4)nc2C3)cs1. The Morgan fingerprint density at radius 1 is 1.30 bits per heavy atom. The fourth-order valence-electron chi connectivity index (χ4n) is 4.50. The van der Waals surface area contributed by atoms with E-state index >= 15 is 0 Å².